The number of aliphatic hydroxyl groups is 1. The number of fused-ring (bicyclic) bond motifs is 1. The Kier molecular flexibility index (Phi) is 13.4. The first-order chi connectivity index (χ1) is 20.7. The third kappa shape index (κ3) is 11.0. The van der Waals surface area contributed by atoms with Gasteiger partial charge in [-0.25, -0.2) is 4.57 Å². The lowest BCUT2D eigenvalue weighted by Crippen LogP contribution is -2.60. The number of phosphoric acid groups is 1. The first-order valence-corrected chi connectivity index (χ1v) is 17.8. The molecular weight excluding hydrogens is 637 g/mol. The highest BCUT2D eigenvalue weighted by Crippen LogP contribution is 2.40. The summed E-state index contributed by atoms with van der Waals surface area (Å²) in [5.41, 5.74) is 0.0719. The summed E-state index contributed by atoms with van der Waals surface area (Å²) in [6, 6.07) is 13.1. The van der Waals surface area contributed by atoms with E-state index < -0.39 is 25.9 Å². The first-order valence-electron chi connectivity index (χ1n) is 15.3. The van der Waals surface area contributed by atoms with Crippen molar-refractivity contribution in [1.82, 2.24) is 15.5 Å². The molecule has 1 heterocycles. The van der Waals surface area contributed by atoms with Crippen LogP contribution in [0.3, 0.4) is 0 Å². The Labute approximate surface area is 276 Å². The molecule has 2 amide bonds. The van der Waals surface area contributed by atoms with Crippen LogP contribution in [0.2, 0.25) is 0 Å². The molecule has 5 atom stereocenters. The molecule has 0 bridgehead atoms. The molecular formula is C32H47ClN3O7PS. The second-order valence-electron chi connectivity index (χ2n) is 13.0. The summed E-state index contributed by atoms with van der Waals surface area (Å²) >= 11 is 1.50. The Balaban J connectivity index is 0.00000552. The fraction of sp³-hybridized carbons (Fsp3) is 0.562. The number of hydrogen-bond acceptors (Lipinski definition) is 7. The van der Waals surface area contributed by atoms with E-state index in [2.05, 4.69) is 15.5 Å². The molecule has 0 aromatic heterocycles. The first kappa shape index (κ1) is 37.3. The lowest BCUT2D eigenvalue weighted by Gasteiger charge is -2.47. The maximum Gasteiger partial charge on any atom is 0.524 e. The number of phosphoric ester groups is 1. The standard InChI is InChI=1S/C32H46N3O7PS.ClH/c1-21-25(15-10-16-29(21)42-43(39,40)41)30(37)33-26(20-44-24-13-6-5-7-14-24)28(36)19-35-18-23-12-9-8-11-22(23)17-27(35)31(38)34-32(2,3)4;/h5-7,10,13-16,22-23,26-28,36H,8-9,11-12,17-20H2,1-4H3,(H,33,37)(H,34,38)(H2,39,40,41);1H/t22-,23+,26-,27-,28+;/m0./s1. The summed E-state index contributed by atoms with van der Waals surface area (Å²) in [5.74, 6) is 0.705. The van der Waals surface area contributed by atoms with E-state index in [9.17, 15) is 29.0 Å². The fourth-order valence-electron chi connectivity index (χ4n) is 6.28. The van der Waals surface area contributed by atoms with Crippen LogP contribution in [-0.4, -0.2) is 74.2 Å². The minimum absolute atomic E-state index is 0. The zero-order chi connectivity index (χ0) is 32.1. The maximum atomic E-state index is 13.6. The molecule has 0 unspecified atom stereocenters. The molecule has 2 aromatic carbocycles. The molecule has 4 rings (SSSR count). The maximum absolute atomic E-state index is 13.6. The summed E-state index contributed by atoms with van der Waals surface area (Å²) in [7, 11) is -4.82. The average molecular weight is 684 g/mol. The summed E-state index contributed by atoms with van der Waals surface area (Å²) in [5, 5.41) is 17.8. The number of benzene rings is 2. The molecule has 2 aromatic rings. The van der Waals surface area contributed by atoms with Crippen LogP contribution >= 0.6 is 32.0 Å². The normalized spacial score (nSPS) is 21.9. The predicted molar refractivity (Wildman–Crippen MR) is 179 cm³/mol. The molecule has 0 spiro atoms. The van der Waals surface area contributed by atoms with Gasteiger partial charge in [0.2, 0.25) is 5.91 Å². The molecule has 2 fully saturated rings. The van der Waals surface area contributed by atoms with Crippen molar-refractivity contribution >= 4 is 43.8 Å². The van der Waals surface area contributed by atoms with Crippen molar-refractivity contribution in [3.8, 4) is 5.75 Å². The summed E-state index contributed by atoms with van der Waals surface area (Å²) in [6.45, 7) is 8.38. The van der Waals surface area contributed by atoms with E-state index in [1.165, 1.54) is 36.7 Å². The number of carbonyl (C=O) groups is 2. The molecule has 5 N–H and O–H groups in total. The number of piperidine rings is 1. The zero-order valence-electron chi connectivity index (χ0n) is 26.3. The van der Waals surface area contributed by atoms with Crippen molar-refractivity contribution in [3.63, 3.8) is 0 Å². The highest BCUT2D eigenvalue weighted by Gasteiger charge is 2.42. The second kappa shape index (κ2) is 16.1. The van der Waals surface area contributed by atoms with Crippen LogP contribution in [0.4, 0.5) is 0 Å². The van der Waals surface area contributed by atoms with Crippen LogP contribution < -0.4 is 15.2 Å². The van der Waals surface area contributed by atoms with Gasteiger partial charge in [0.05, 0.1) is 18.2 Å². The lowest BCUT2D eigenvalue weighted by molar-refractivity contribution is -0.132. The minimum Gasteiger partial charge on any atom is -0.404 e. The van der Waals surface area contributed by atoms with E-state index in [0.717, 1.165) is 30.7 Å². The molecule has 0 radical (unpaired) electrons. The number of nitrogens with one attached hydrogen (secondary N) is 2. The van der Waals surface area contributed by atoms with E-state index >= 15 is 0 Å². The van der Waals surface area contributed by atoms with Crippen molar-refractivity contribution in [2.75, 3.05) is 18.8 Å². The van der Waals surface area contributed by atoms with Gasteiger partial charge in [0.15, 0.2) is 0 Å². The van der Waals surface area contributed by atoms with Gasteiger partial charge in [-0.15, -0.1) is 24.2 Å². The number of likely N-dealkylation sites (tertiary alicyclic amines) is 1. The van der Waals surface area contributed by atoms with Crippen molar-refractivity contribution in [2.24, 2.45) is 11.8 Å². The number of hydrogen-bond donors (Lipinski definition) is 5. The Morgan fingerprint density at radius 1 is 1.07 bits per heavy atom. The summed E-state index contributed by atoms with van der Waals surface area (Å²) in [4.78, 5) is 48.7. The largest absolute Gasteiger partial charge is 0.524 e. The monoisotopic (exact) mass is 683 g/mol. The third-order valence-corrected chi connectivity index (χ3v) is 9.99. The summed E-state index contributed by atoms with van der Waals surface area (Å²) < 4.78 is 16.2. The van der Waals surface area contributed by atoms with E-state index in [-0.39, 0.29) is 53.3 Å². The Hall–Kier alpha value is -2.11. The number of β-amino-alcohol motifs (C(OH)–C–C–N with tert-alkyl or cyclic N) is 1. The molecule has 13 heteroatoms. The van der Waals surface area contributed by atoms with Gasteiger partial charge in [-0.2, -0.15) is 0 Å². The van der Waals surface area contributed by atoms with Gasteiger partial charge in [0.25, 0.3) is 5.91 Å². The van der Waals surface area contributed by atoms with Gasteiger partial charge in [-0.05, 0) is 76.6 Å². The number of amides is 2. The Bertz CT molecular complexity index is 1340. The Morgan fingerprint density at radius 2 is 1.73 bits per heavy atom. The van der Waals surface area contributed by atoms with Crippen molar-refractivity contribution < 1.29 is 33.6 Å². The topological polar surface area (TPSA) is 148 Å². The van der Waals surface area contributed by atoms with E-state index in [1.807, 2.05) is 51.1 Å². The van der Waals surface area contributed by atoms with Gasteiger partial charge >= 0.3 is 7.82 Å². The van der Waals surface area contributed by atoms with Crippen LogP contribution in [-0.2, 0) is 9.36 Å². The number of nitrogens with zero attached hydrogens (tertiary/aromatic N) is 1. The van der Waals surface area contributed by atoms with E-state index in [4.69, 9.17) is 4.52 Å². The number of aliphatic hydroxyl groups excluding tert-OH is 1. The smallest absolute Gasteiger partial charge is 0.404 e. The number of thioether (sulfide) groups is 1. The van der Waals surface area contributed by atoms with E-state index in [0.29, 0.717) is 17.6 Å². The van der Waals surface area contributed by atoms with Crippen molar-refractivity contribution in [3.05, 3.63) is 59.7 Å². The number of halogens is 1. The number of carbonyl (C=O) groups excluding carboxylic acids is 2. The fourth-order valence-corrected chi connectivity index (χ4v) is 7.76. The molecule has 1 aliphatic heterocycles. The van der Waals surface area contributed by atoms with Crippen LogP contribution in [0.15, 0.2) is 53.4 Å². The average Bonchev–Trinajstić information content (AvgIpc) is 2.94. The zero-order valence-corrected chi connectivity index (χ0v) is 28.9. The van der Waals surface area contributed by atoms with Gasteiger partial charge in [0, 0.05) is 40.4 Å². The lowest BCUT2D eigenvalue weighted by atomic mass is 9.72. The SMILES string of the molecule is Cc1c(OP(=O)(O)O)cccc1C(=O)N[C@@H](CSc1ccccc1)[C@H](O)CN1C[C@H]2CCCC[C@H]2C[C@H]1C(=O)NC(C)(C)C.Cl. The highest BCUT2D eigenvalue weighted by molar-refractivity contribution is 7.99. The van der Waals surface area contributed by atoms with Crippen LogP contribution in [0.25, 0.3) is 0 Å². The summed E-state index contributed by atoms with van der Waals surface area (Å²) in [6.07, 6.45) is 4.35. The molecule has 1 saturated heterocycles. The number of rotatable bonds is 11. The molecule has 45 heavy (non-hydrogen) atoms. The van der Waals surface area contributed by atoms with Crippen LogP contribution in [0.5, 0.6) is 5.75 Å². The van der Waals surface area contributed by atoms with Crippen LogP contribution in [0.1, 0.15) is 68.8 Å². The molecule has 250 valence electrons. The van der Waals surface area contributed by atoms with Crippen molar-refractivity contribution in [1.29, 1.82) is 0 Å². The molecule has 1 aliphatic carbocycles. The van der Waals surface area contributed by atoms with Crippen LogP contribution in [0, 0.1) is 18.8 Å². The van der Waals surface area contributed by atoms with Gasteiger partial charge in [-0.3, -0.25) is 24.3 Å². The minimum atomic E-state index is -4.82. The molecule has 1 saturated carbocycles. The van der Waals surface area contributed by atoms with Gasteiger partial charge in [-0.1, -0.05) is 43.5 Å². The van der Waals surface area contributed by atoms with E-state index in [1.54, 1.807) is 13.0 Å². The Morgan fingerprint density at radius 3 is 2.38 bits per heavy atom. The van der Waals surface area contributed by atoms with Gasteiger partial charge < -0.3 is 20.3 Å². The van der Waals surface area contributed by atoms with Gasteiger partial charge in [0.1, 0.15) is 5.75 Å². The molecule has 2 aliphatic rings. The molecule has 10 nitrogen and oxygen atoms in total. The second-order valence-corrected chi connectivity index (χ2v) is 15.3. The predicted octanol–water partition coefficient (Wildman–Crippen LogP) is 4.94. The van der Waals surface area contributed by atoms with Crippen molar-refractivity contribution in [2.45, 2.75) is 88.4 Å². The third-order valence-electron chi connectivity index (χ3n) is 8.42. The highest BCUT2D eigenvalue weighted by atomic mass is 35.5. The quantitative estimate of drug-likeness (QED) is 0.164.